The lowest BCUT2D eigenvalue weighted by Gasteiger charge is -2.07. The van der Waals surface area contributed by atoms with Gasteiger partial charge in [0.25, 0.3) is 0 Å². The van der Waals surface area contributed by atoms with Gasteiger partial charge in [0.05, 0.1) is 13.7 Å². The number of ether oxygens (including phenoxy) is 2. The number of esters is 1. The van der Waals surface area contributed by atoms with Crippen LogP contribution >= 0.6 is 11.3 Å². The van der Waals surface area contributed by atoms with Gasteiger partial charge in [-0.2, -0.15) is 0 Å². The van der Waals surface area contributed by atoms with E-state index in [1.54, 1.807) is 19.4 Å². The third kappa shape index (κ3) is 4.65. The molecular formula is C24H23N3O4S. The first kappa shape index (κ1) is 21.6. The van der Waals surface area contributed by atoms with Gasteiger partial charge in [-0.3, -0.25) is 4.79 Å². The molecule has 8 heteroatoms. The van der Waals surface area contributed by atoms with E-state index in [2.05, 4.69) is 21.4 Å². The number of para-hydroxylation sites is 1. The second-order valence-electron chi connectivity index (χ2n) is 7.06. The zero-order valence-electron chi connectivity index (χ0n) is 17.8. The summed E-state index contributed by atoms with van der Waals surface area (Å²) in [7, 11) is 1.64. The highest BCUT2D eigenvalue weighted by atomic mass is 32.1. The number of carbonyl (C=O) groups is 2. The number of amides is 1. The van der Waals surface area contributed by atoms with E-state index in [-0.39, 0.29) is 24.6 Å². The van der Waals surface area contributed by atoms with Crippen molar-refractivity contribution in [1.29, 1.82) is 0 Å². The Kier molecular flexibility index (Phi) is 6.51. The average Bonchev–Trinajstić information content (AvgIpc) is 3.42. The van der Waals surface area contributed by atoms with E-state index in [1.165, 1.54) is 11.3 Å². The Morgan fingerprint density at radius 2 is 1.91 bits per heavy atom. The number of aromatic nitrogens is 2. The number of methoxy groups -OCH3 is 1. The fourth-order valence-electron chi connectivity index (χ4n) is 3.51. The van der Waals surface area contributed by atoms with Crippen molar-refractivity contribution in [1.82, 2.24) is 9.97 Å². The smallest absolute Gasteiger partial charge is 0.357 e. The van der Waals surface area contributed by atoms with Crippen LogP contribution in [0.15, 0.2) is 53.9 Å². The minimum atomic E-state index is -0.493. The topological polar surface area (TPSA) is 93.3 Å². The molecule has 0 spiro atoms. The predicted molar refractivity (Wildman–Crippen MR) is 125 cm³/mol. The van der Waals surface area contributed by atoms with Crippen LogP contribution in [-0.2, 0) is 16.0 Å². The summed E-state index contributed by atoms with van der Waals surface area (Å²) in [6.45, 7) is 2.01. The van der Waals surface area contributed by atoms with Crippen molar-refractivity contribution in [2.24, 2.45) is 0 Å². The largest absolute Gasteiger partial charge is 0.497 e. The number of hydrogen-bond acceptors (Lipinski definition) is 6. The van der Waals surface area contributed by atoms with Gasteiger partial charge in [0.2, 0.25) is 5.91 Å². The molecule has 0 bridgehead atoms. The molecule has 2 heterocycles. The number of nitrogens with one attached hydrogen (secondary N) is 2. The molecule has 2 N–H and O–H groups in total. The zero-order chi connectivity index (χ0) is 22.5. The first-order valence-electron chi connectivity index (χ1n) is 10.3. The fourth-order valence-corrected chi connectivity index (χ4v) is 4.21. The molecule has 2 aromatic heterocycles. The van der Waals surface area contributed by atoms with Crippen molar-refractivity contribution < 1.29 is 19.1 Å². The third-order valence-electron chi connectivity index (χ3n) is 5.03. The molecule has 2 aromatic carbocycles. The van der Waals surface area contributed by atoms with Crippen molar-refractivity contribution in [3.8, 4) is 17.0 Å². The lowest BCUT2D eigenvalue weighted by atomic mass is 10.0. The van der Waals surface area contributed by atoms with Gasteiger partial charge < -0.3 is 19.8 Å². The number of anilines is 1. The van der Waals surface area contributed by atoms with Gasteiger partial charge in [-0.1, -0.05) is 18.2 Å². The Balaban J connectivity index is 1.51. The maximum Gasteiger partial charge on any atom is 0.357 e. The van der Waals surface area contributed by atoms with Gasteiger partial charge in [0.15, 0.2) is 10.8 Å². The van der Waals surface area contributed by atoms with Crippen LogP contribution in [-0.4, -0.2) is 35.6 Å². The normalized spacial score (nSPS) is 10.8. The van der Waals surface area contributed by atoms with E-state index < -0.39 is 5.97 Å². The molecule has 4 rings (SSSR count). The second-order valence-corrected chi connectivity index (χ2v) is 7.92. The number of rotatable bonds is 8. The molecule has 32 heavy (non-hydrogen) atoms. The quantitative estimate of drug-likeness (QED) is 0.367. The third-order valence-corrected chi connectivity index (χ3v) is 5.79. The van der Waals surface area contributed by atoms with Crippen LogP contribution in [0.3, 0.4) is 0 Å². The standard InChI is InChI=1S/C24H23N3O4S/c1-3-31-23(29)20-14-32-24(26-20)27-21(28)13-12-18-17-6-4-5-7-19(17)25-22(18)15-8-10-16(30-2)11-9-15/h4-11,14,25H,3,12-13H2,1-2H3,(H,26,27,28). The first-order valence-corrected chi connectivity index (χ1v) is 11.1. The van der Waals surface area contributed by atoms with E-state index in [0.29, 0.717) is 11.6 Å². The number of hydrogen-bond donors (Lipinski definition) is 2. The molecule has 0 unspecified atom stereocenters. The average molecular weight is 450 g/mol. The Hall–Kier alpha value is -3.65. The maximum atomic E-state index is 12.6. The molecule has 0 radical (unpaired) electrons. The van der Waals surface area contributed by atoms with Gasteiger partial charge in [-0.05, 0) is 54.8 Å². The van der Waals surface area contributed by atoms with Gasteiger partial charge in [-0.25, -0.2) is 9.78 Å². The first-order chi connectivity index (χ1) is 15.6. The van der Waals surface area contributed by atoms with E-state index in [0.717, 1.165) is 33.5 Å². The van der Waals surface area contributed by atoms with Crippen molar-refractivity contribution in [3.63, 3.8) is 0 Å². The summed E-state index contributed by atoms with van der Waals surface area (Å²) in [6.07, 6.45) is 0.826. The number of aryl methyl sites for hydroxylation is 1. The minimum Gasteiger partial charge on any atom is -0.497 e. The van der Waals surface area contributed by atoms with E-state index >= 15 is 0 Å². The Morgan fingerprint density at radius 3 is 2.66 bits per heavy atom. The number of benzene rings is 2. The Morgan fingerprint density at radius 1 is 1.12 bits per heavy atom. The number of carbonyl (C=O) groups excluding carboxylic acids is 2. The lowest BCUT2D eigenvalue weighted by Crippen LogP contribution is -2.13. The molecule has 7 nitrogen and oxygen atoms in total. The predicted octanol–water partition coefficient (Wildman–Crippen LogP) is 5.05. The molecule has 0 aliphatic carbocycles. The molecule has 0 saturated carbocycles. The Bertz CT molecular complexity index is 1240. The number of aromatic amines is 1. The van der Waals surface area contributed by atoms with Crippen LogP contribution < -0.4 is 10.1 Å². The minimum absolute atomic E-state index is 0.166. The summed E-state index contributed by atoms with van der Waals surface area (Å²) < 4.78 is 10.2. The van der Waals surface area contributed by atoms with Crippen LogP contribution in [0.1, 0.15) is 29.4 Å². The zero-order valence-corrected chi connectivity index (χ0v) is 18.6. The molecule has 1 amide bonds. The summed E-state index contributed by atoms with van der Waals surface area (Å²) in [5.41, 5.74) is 4.31. The Labute approximate surface area is 189 Å². The molecule has 0 saturated heterocycles. The van der Waals surface area contributed by atoms with Crippen molar-refractivity contribution >= 4 is 39.2 Å². The number of thiazole rings is 1. The molecule has 0 aliphatic heterocycles. The summed E-state index contributed by atoms with van der Waals surface area (Å²) in [5, 5.41) is 5.83. The van der Waals surface area contributed by atoms with Crippen molar-refractivity contribution in [2.45, 2.75) is 19.8 Å². The fraction of sp³-hybridized carbons (Fsp3) is 0.208. The van der Waals surface area contributed by atoms with Gasteiger partial charge in [0.1, 0.15) is 5.75 Å². The van der Waals surface area contributed by atoms with E-state index in [4.69, 9.17) is 9.47 Å². The summed E-state index contributed by atoms with van der Waals surface area (Å²) >= 11 is 1.20. The molecule has 4 aromatic rings. The van der Waals surface area contributed by atoms with Crippen LogP contribution in [0.5, 0.6) is 5.75 Å². The second kappa shape index (κ2) is 9.65. The number of nitrogens with zero attached hydrogens (tertiary/aromatic N) is 1. The molecule has 0 fully saturated rings. The van der Waals surface area contributed by atoms with Crippen molar-refractivity contribution in [3.05, 3.63) is 65.2 Å². The van der Waals surface area contributed by atoms with Gasteiger partial charge >= 0.3 is 5.97 Å². The van der Waals surface area contributed by atoms with E-state index in [9.17, 15) is 9.59 Å². The summed E-state index contributed by atoms with van der Waals surface area (Å²) in [5.74, 6) is 0.129. The van der Waals surface area contributed by atoms with Crippen LogP contribution in [0.25, 0.3) is 22.2 Å². The number of fused-ring (bicyclic) bond motifs is 1. The maximum absolute atomic E-state index is 12.6. The van der Waals surface area contributed by atoms with Gasteiger partial charge in [-0.15, -0.1) is 11.3 Å². The SMILES string of the molecule is CCOC(=O)c1csc(NC(=O)CCc2c(-c3ccc(OC)cc3)[nH]c3ccccc23)n1. The number of H-pyrrole nitrogens is 1. The molecule has 0 aliphatic rings. The molecule has 0 atom stereocenters. The highest BCUT2D eigenvalue weighted by Crippen LogP contribution is 2.32. The highest BCUT2D eigenvalue weighted by molar-refractivity contribution is 7.14. The van der Waals surface area contributed by atoms with Crippen LogP contribution in [0, 0.1) is 0 Å². The van der Waals surface area contributed by atoms with E-state index in [1.807, 2.05) is 42.5 Å². The molecule has 164 valence electrons. The summed E-state index contributed by atoms with van der Waals surface area (Å²) in [6, 6.07) is 15.9. The van der Waals surface area contributed by atoms with Gasteiger partial charge in [0, 0.05) is 28.4 Å². The monoisotopic (exact) mass is 449 g/mol. The highest BCUT2D eigenvalue weighted by Gasteiger charge is 2.16. The molecular weight excluding hydrogens is 426 g/mol. The summed E-state index contributed by atoms with van der Waals surface area (Å²) in [4.78, 5) is 32.0. The van der Waals surface area contributed by atoms with Crippen LogP contribution in [0.2, 0.25) is 0 Å². The van der Waals surface area contributed by atoms with Crippen molar-refractivity contribution in [2.75, 3.05) is 19.0 Å². The van der Waals surface area contributed by atoms with Crippen LogP contribution in [0.4, 0.5) is 5.13 Å². The lowest BCUT2D eigenvalue weighted by molar-refractivity contribution is -0.116.